The van der Waals surface area contributed by atoms with Crippen LogP contribution in [0.15, 0.2) is 30.3 Å². The number of benzene rings is 1. The molecule has 1 saturated heterocycles. The lowest BCUT2D eigenvalue weighted by Gasteiger charge is -2.28. The number of rotatable bonds is 7. The molecule has 1 aromatic rings. The van der Waals surface area contributed by atoms with Crippen LogP contribution in [0.4, 0.5) is 0 Å². The van der Waals surface area contributed by atoms with E-state index in [4.69, 9.17) is 4.74 Å². The van der Waals surface area contributed by atoms with E-state index < -0.39 is 0 Å². The molecule has 0 amide bonds. The first-order chi connectivity index (χ1) is 9.74. The van der Waals surface area contributed by atoms with E-state index >= 15 is 0 Å². The van der Waals surface area contributed by atoms with Crippen molar-refractivity contribution in [1.82, 2.24) is 10.6 Å². The Bertz CT molecular complexity index is 363. The maximum absolute atomic E-state index is 5.50. The molecule has 3 atom stereocenters. The van der Waals surface area contributed by atoms with Crippen LogP contribution in [0.2, 0.25) is 0 Å². The zero-order chi connectivity index (χ0) is 14.2. The second-order valence-corrected chi connectivity index (χ2v) is 5.95. The van der Waals surface area contributed by atoms with E-state index in [-0.39, 0.29) is 0 Å². The molecular weight excluding hydrogens is 248 g/mol. The van der Waals surface area contributed by atoms with Gasteiger partial charge in [-0.3, -0.25) is 0 Å². The van der Waals surface area contributed by atoms with E-state index in [0.717, 1.165) is 32.6 Å². The first-order valence-corrected chi connectivity index (χ1v) is 7.85. The van der Waals surface area contributed by atoms with Crippen LogP contribution < -0.4 is 10.6 Å². The van der Waals surface area contributed by atoms with Gasteiger partial charge in [0.05, 0.1) is 13.2 Å². The van der Waals surface area contributed by atoms with E-state index in [0.29, 0.717) is 18.1 Å². The third-order valence-corrected chi connectivity index (χ3v) is 3.91. The van der Waals surface area contributed by atoms with Gasteiger partial charge in [0.15, 0.2) is 0 Å². The van der Waals surface area contributed by atoms with E-state index in [1.807, 2.05) is 0 Å². The number of ether oxygens (including phenoxy) is 1. The minimum atomic E-state index is 0.507. The summed E-state index contributed by atoms with van der Waals surface area (Å²) in [6, 6.07) is 12.3. The van der Waals surface area contributed by atoms with Gasteiger partial charge in [0, 0.05) is 24.7 Å². The molecule has 3 unspecified atom stereocenters. The predicted octanol–water partition coefficient (Wildman–Crippen LogP) is 2.36. The van der Waals surface area contributed by atoms with Gasteiger partial charge in [0.2, 0.25) is 0 Å². The fourth-order valence-corrected chi connectivity index (χ4v) is 2.86. The van der Waals surface area contributed by atoms with Gasteiger partial charge in [-0.25, -0.2) is 0 Å². The molecule has 0 spiro atoms. The average Bonchev–Trinajstić information content (AvgIpc) is 2.47. The first kappa shape index (κ1) is 15.5. The minimum absolute atomic E-state index is 0.507. The van der Waals surface area contributed by atoms with Crippen molar-refractivity contribution in [2.24, 2.45) is 0 Å². The smallest absolute Gasteiger partial charge is 0.0620 e. The Morgan fingerprint density at radius 1 is 1.25 bits per heavy atom. The van der Waals surface area contributed by atoms with Crippen molar-refractivity contribution in [2.75, 3.05) is 19.8 Å². The van der Waals surface area contributed by atoms with Crippen LogP contribution in [0.3, 0.4) is 0 Å². The highest BCUT2D eigenvalue weighted by molar-refractivity contribution is 5.14. The molecule has 0 radical (unpaired) electrons. The Labute approximate surface area is 123 Å². The first-order valence-electron chi connectivity index (χ1n) is 7.85. The van der Waals surface area contributed by atoms with Crippen molar-refractivity contribution in [3.8, 4) is 0 Å². The lowest BCUT2D eigenvalue weighted by atomic mass is 10.0. The van der Waals surface area contributed by atoms with Crippen LogP contribution in [0.1, 0.15) is 32.3 Å². The lowest BCUT2D eigenvalue weighted by molar-refractivity contribution is 0.0708. The van der Waals surface area contributed by atoms with E-state index in [9.17, 15) is 0 Å². The fraction of sp³-hybridized carbons (Fsp3) is 0.647. The number of hydrogen-bond donors (Lipinski definition) is 2. The molecule has 112 valence electrons. The molecule has 2 N–H and O–H groups in total. The van der Waals surface area contributed by atoms with E-state index in [1.165, 1.54) is 12.0 Å². The predicted molar refractivity (Wildman–Crippen MR) is 84.0 cm³/mol. The molecule has 0 aromatic heterocycles. The highest BCUT2D eigenvalue weighted by Gasteiger charge is 2.17. The summed E-state index contributed by atoms with van der Waals surface area (Å²) in [5.41, 5.74) is 1.43. The van der Waals surface area contributed by atoms with Gasteiger partial charge in [-0.15, -0.1) is 0 Å². The van der Waals surface area contributed by atoms with Crippen molar-refractivity contribution in [3.63, 3.8) is 0 Å². The van der Waals surface area contributed by atoms with Crippen LogP contribution in [0.25, 0.3) is 0 Å². The molecular formula is C17H28N2O. The number of nitrogens with one attached hydrogen (secondary N) is 2. The van der Waals surface area contributed by atoms with E-state index in [1.54, 1.807) is 0 Å². The normalized spacial score (nSPS) is 22.4. The second kappa shape index (κ2) is 8.40. The Hall–Kier alpha value is -0.900. The van der Waals surface area contributed by atoms with Crippen molar-refractivity contribution >= 4 is 0 Å². The monoisotopic (exact) mass is 276 g/mol. The Kier molecular flexibility index (Phi) is 6.51. The molecule has 1 fully saturated rings. The number of hydrogen-bond acceptors (Lipinski definition) is 3. The van der Waals surface area contributed by atoms with Gasteiger partial charge in [-0.05, 0) is 38.7 Å². The summed E-state index contributed by atoms with van der Waals surface area (Å²) in [5, 5.41) is 7.22. The number of aryl methyl sites for hydroxylation is 1. The average molecular weight is 276 g/mol. The van der Waals surface area contributed by atoms with Crippen molar-refractivity contribution in [3.05, 3.63) is 35.9 Å². The molecule has 20 heavy (non-hydrogen) atoms. The van der Waals surface area contributed by atoms with Crippen LogP contribution in [-0.2, 0) is 11.2 Å². The third kappa shape index (κ3) is 5.61. The molecule has 1 aliphatic heterocycles. The highest BCUT2D eigenvalue weighted by atomic mass is 16.5. The van der Waals surface area contributed by atoms with Gasteiger partial charge in [0.1, 0.15) is 0 Å². The maximum atomic E-state index is 5.50. The van der Waals surface area contributed by atoms with Gasteiger partial charge < -0.3 is 15.4 Å². The standard InChI is InChI=1S/C17H28N2O/c1-14(8-9-16-6-4-3-5-7-16)19-15(2)12-17-13-20-11-10-18-17/h3-7,14-15,17-19H,8-13H2,1-2H3. The van der Waals surface area contributed by atoms with Gasteiger partial charge in [-0.1, -0.05) is 30.3 Å². The molecule has 1 heterocycles. The summed E-state index contributed by atoms with van der Waals surface area (Å²) in [5.74, 6) is 0. The third-order valence-electron chi connectivity index (χ3n) is 3.91. The van der Waals surface area contributed by atoms with Crippen LogP contribution in [-0.4, -0.2) is 37.9 Å². The quantitative estimate of drug-likeness (QED) is 0.802. The highest BCUT2D eigenvalue weighted by Crippen LogP contribution is 2.07. The minimum Gasteiger partial charge on any atom is -0.379 e. The van der Waals surface area contributed by atoms with Gasteiger partial charge in [0.25, 0.3) is 0 Å². The summed E-state index contributed by atoms with van der Waals surface area (Å²) in [6.45, 7) is 7.25. The van der Waals surface area contributed by atoms with Gasteiger partial charge >= 0.3 is 0 Å². The topological polar surface area (TPSA) is 33.3 Å². The lowest BCUT2D eigenvalue weighted by Crippen LogP contribution is -2.46. The molecule has 0 aliphatic carbocycles. The molecule has 3 heteroatoms. The summed E-state index contributed by atoms with van der Waals surface area (Å²) in [4.78, 5) is 0. The number of morpholine rings is 1. The summed E-state index contributed by atoms with van der Waals surface area (Å²) >= 11 is 0. The Morgan fingerprint density at radius 3 is 2.75 bits per heavy atom. The van der Waals surface area contributed by atoms with E-state index in [2.05, 4.69) is 54.8 Å². The molecule has 2 rings (SSSR count). The van der Waals surface area contributed by atoms with Crippen molar-refractivity contribution < 1.29 is 4.74 Å². The second-order valence-electron chi connectivity index (χ2n) is 5.95. The van der Waals surface area contributed by atoms with Crippen LogP contribution >= 0.6 is 0 Å². The van der Waals surface area contributed by atoms with Crippen molar-refractivity contribution in [2.45, 2.75) is 51.2 Å². The fourth-order valence-electron chi connectivity index (χ4n) is 2.86. The SMILES string of the molecule is CC(CCc1ccccc1)NC(C)CC1COCCN1. The molecule has 0 saturated carbocycles. The Balaban J connectivity index is 1.64. The Morgan fingerprint density at radius 2 is 2.05 bits per heavy atom. The maximum Gasteiger partial charge on any atom is 0.0620 e. The van der Waals surface area contributed by atoms with Crippen LogP contribution in [0.5, 0.6) is 0 Å². The summed E-state index contributed by atoms with van der Waals surface area (Å²) in [7, 11) is 0. The van der Waals surface area contributed by atoms with Gasteiger partial charge in [-0.2, -0.15) is 0 Å². The van der Waals surface area contributed by atoms with Crippen molar-refractivity contribution in [1.29, 1.82) is 0 Å². The molecule has 3 nitrogen and oxygen atoms in total. The van der Waals surface area contributed by atoms with Crippen LogP contribution in [0, 0.1) is 0 Å². The molecule has 0 bridgehead atoms. The summed E-state index contributed by atoms with van der Waals surface area (Å²) < 4.78 is 5.50. The summed E-state index contributed by atoms with van der Waals surface area (Å²) in [6.07, 6.45) is 3.46. The zero-order valence-electron chi connectivity index (χ0n) is 12.8. The molecule has 1 aromatic carbocycles. The zero-order valence-corrected chi connectivity index (χ0v) is 12.8. The molecule has 1 aliphatic rings. The largest absolute Gasteiger partial charge is 0.379 e.